The molecule has 1 spiro atoms. The van der Waals surface area contributed by atoms with Crippen molar-refractivity contribution in [2.24, 2.45) is 0 Å². The summed E-state index contributed by atoms with van der Waals surface area (Å²) in [5.41, 5.74) is 0. The Hall–Kier alpha value is 0.0649. The highest BCUT2D eigenvalue weighted by Gasteiger charge is 2.56. The summed E-state index contributed by atoms with van der Waals surface area (Å²) in [7, 11) is 2.58. The highest BCUT2D eigenvalue weighted by Crippen LogP contribution is 2.71. The van der Waals surface area contributed by atoms with E-state index in [1.54, 1.807) is 0 Å². The Bertz CT molecular complexity index is 114. The van der Waals surface area contributed by atoms with Gasteiger partial charge in [-0.15, -0.1) is 0 Å². The van der Waals surface area contributed by atoms with E-state index >= 15 is 0 Å². The second kappa shape index (κ2) is 1.77. The lowest BCUT2D eigenvalue weighted by molar-refractivity contribution is 0.376. The Kier molecular flexibility index (Phi) is 1.15. The van der Waals surface area contributed by atoms with E-state index in [0.717, 1.165) is 11.1 Å². The predicted octanol–water partition coefficient (Wildman–Crippen LogP) is 2.64. The standard InChI is InChI=1S/C8H14B/c1-2-4-7-8(9-7)5-3-6-8/h7H,2-6H2,1H3. The van der Waals surface area contributed by atoms with Gasteiger partial charge in [-0.25, -0.2) is 0 Å². The molecule has 0 nitrogen and oxygen atoms in total. The zero-order chi connectivity index (χ0) is 6.32. The second-order valence-electron chi connectivity index (χ2n) is 3.65. The fourth-order valence-electron chi connectivity index (χ4n) is 2.16. The van der Waals surface area contributed by atoms with Crippen molar-refractivity contribution in [3.05, 3.63) is 0 Å². The lowest BCUT2D eigenvalue weighted by Gasteiger charge is -2.28. The molecule has 1 atom stereocenters. The molecule has 0 bridgehead atoms. The summed E-state index contributed by atoms with van der Waals surface area (Å²) in [6, 6.07) is 0. The fourth-order valence-corrected chi connectivity index (χ4v) is 2.16. The molecule has 1 radical (unpaired) electrons. The van der Waals surface area contributed by atoms with Crippen molar-refractivity contribution in [3.63, 3.8) is 0 Å². The van der Waals surface area contributed by atoms with Crippen molar-refractivity contribution in [2.45, 2.75) is 50.2 Å². The molecule has 1 saturated heterocycles. The Morgan fingerprint density at radius 2 is 2.33 bits per heavy atom. The minimum absolute atomic E-state index is 0.815. The van der Waals surface area contributed by atoms with Gasteiger partial charge in [0.15, 0.2) is 0 Å². The molecule has 2 fully saturated rings. The van der Waals surface area contributed by atoms with Crippen LogP contribution in [0.2, 0.25) is 11.1 Å². The normalized spacial score (nSPS) is 35.4. The fraction of sp³-hybridized carbons (Fsp3) is 1.00. The first kappa shape index (κ1) is 5.82. The van der Waals surface area contributed by atoms with Gasteiger partial charge in [0.2, 0.25) is 0 Å². The van der Waals surface area contributed by atoms with Crippen LogP contribution >= 0.6 is 0 Å². The Morgan fingerprint density at radius 3 is 2.67 bits per heavy atom. The predicted molar refractivity (Wildman–Crippen MR) is 41.0 cm³/mol. The van der Waals surface area contributed by atoms with E-state index in [9.17, 15) is 0 Å². The highest BCUT2D eigenvalue weighted by atomic mass is 14.5. The molecule has 0 aromatic carbocycles. The monoisotopic (exact) mass is 121 g/mol. The van der Waals surface area contributed by atoms with Gasteiger partial charge in [-0.3, -0.25) is 0 Å². The zero-order valence-corrected chi connectivity index (χ0v) is 6.19. The summed E-state index contributed by atoms with van der Waals surface area (Å²) in [5, 5.41) is 0.815. The van der Waals surface area contributed by atoms with Gasteiger partial charge >= 0.3 is 0 Å². The number of hydrogen-bond donors (Lipinski definition) is 0. The molecular weight excluding hydrogens is 107 g/mol. The molecule has 9 heavy (non-hydrogen) atoms. The van der Waals surface area contributed by atoms with E-state index in [0.29, 0.717) is 0 Å². The average molecular weight is 121 g/mol. The molecule has 2 rings (SSSR count). The van der Waals surface area contributed by atoms with Crippen molar-refractivity contribution in [2.75, 3.05) is 0 Å². The van der Waals surface area contributed by atoms with Crippen molar-refractivity contribution < 1.29 is 0 Å². The van der Waals surface area contributed by atoms with Crippen LogP contribution in [0.15, 0.2) is 0 Å². The maximum atomic E-state index is 2.58. The molecule has 1 heterocycles. The van der Waals surface area contributed by atoms with Crippen LogP contribution in [-0.2, 0) is 0 Å². The third-order valence-corrected chi connectivity index (χ3v) is 3.05. The maximum absolute atomic E-state index is 2.58. The van der Waals surface area contributed by atoms with E-state index < -0.39 is 0 Å². The molecule has 1 aliphatic carbocycles. The molecular formula is C8H14B. The Balaban J connectivity index is 1.80. The van der Waals surface area contributed by atoms with Crippen LogP contribution in [-0.4, -0.2) is 7.28 Å². The van der Waals surface area contributed by atoms with E-state index in [4.69, 9.17) is 0 Å². The van der Waals surface area contributed by atoms with Crippen LogP contribution in [0.25, 0.3) is 0 Å². The van der Waals surface area contributed by atoms with Crippen LogP contribution in [0, 0.1) is 0 Å². The largest absolute Gasteiger partial charge is 0.121 e. The minimum atomic E-state index is 0.815. The molecule has 1 heteroatoms. The Labute approximate surface area is 58.3 Å². The van der Waals surface area contributed by atoms with Crippen LogP contribution in [0.3, 0.4) is 0 Å². The molecule has 1 saturated carbocycles. The smallest absolute Gasteiger partial charge is 0.0697 e. The third-order valence-electron chi connectivity index (χ3n) is 3.05. The van der Waals surface area contributed by atoms with Gasteiger partial charge in [0.05, 0.1) is 0 Å². The van der Waals surface area contributed by atoms with E-state index in [2.05, 4.69) is 14.2 Å². The van der Waals surface area contributed by atoms with E-state index in [1.165, 1.54) is 32.1 Å². The molecule has 1 unspecified atom stereocenters. The molecule has 0 aromatic heterocycles. The molecule has 1 aliphatic heterocycles. The quantitative estimate of drug-likeness (QED) is 0.492. The third kappa shape index (κ3) is 0.737. The lowest BCUT2D eigenvalue weighted by atomic mass is 9.71. The van der Waals surface area contributed by atoms with Gasteiger partial charge in [-0.05, 0) is 0 Å². The molecule has 2 aliphatic rings. The van der Waals surface area contributed by atoms with Gasteiger partial charge in [-0.1, -0.05) is 50.2 Å². The first-order valence-electron chi connectivity index (χ1n) is 4.23. The number of hydrogen-bond acceptors (Lipinski definition) is 0. The molecule has 49 valence electrons. The van der Waals surface area contributed by atoms with Gasteiger partial charge in [0.25, 0.3) is 0 Å². The van der Waals surface area contributed by atoms with Gasteiger partial charge in [0, 0.05) is 0 Å². The van der Waals surface area contributed by atoms with Crippen molar-refractivity contribution in [1.29, 1.82) is 0 Å². The van der Waals surface area contributed by atoms with Crippen molar-refractivity contribution in [1.82, 2.24) is 0 Å². The van der Waals surface area contributed by atoms with Crippen LogP contribution < -0.4 is 0 Å². The second-order valence-corrected chi connectivity index (χ2v) is 3.65. The van der Waals surface area contributed by atoms with Crippen LogP contribution in [0.4, 0.5) is 0 Å². The Morgan fingerprint density at radius 1 is 1.56 bits per heavy atom. The maximum Gasteiger partial charge on any atom is 0.121 e. The molecule has 0 amide bonds. The highest BCUT2D eigenvalue weighted by molar-refractivity contribution is 6.57. The van der Waals surface area contributed by atoms with Crippen LogP contribution in [0.5, 0.6) is 0 Å². The lowest BCUT2D eigenvalue weighted by Crippen LogP contribution is -2.06. The van der Waals surface area contributed by atoms with Crippen LogP contribution in [0.1, 0.15) is 39.0 Å². The SMILES string of the molecule is CCCC1[B]C12CCC2. The summed E-state index contributed by atoms with van der Waals surface area (Å²) in [5.74, 6) is 1.04. The van der Waals surface area contributed by atoms with E-state index in [1.807, 2.05) is 0 Å². The summed E-state index contributed by atoms with van der Waals surface area (Å²) in [4.78, 5) is 0. The molecule has 0 aromatic rings. The van der Waals surface area contributed by atoms with Gasteiger partial charge in [0.1, 0.15) is 7.28 Å². The number of rotatable bonds is 2. The molecule has 0 N–H and O–H groups in total. The summed E-state index contributed by atoms with van der Waals surface area (Å²) in [6.45, 7) is 2.29. The zero-order valence-electron chi connectivity index (χ0n) is 6.19. The van der Waals surface area contributed by atoms with Gasteiger partial charge < -0.3 is 0 Å². The first-order chi connectivity index (χ1) is 4.37. The first-order valence-corrected chi connectivity index (χ1v) is 4.23. The average Bonchev–Trinajstić information content (AvgIpc) is 2.41. The van der Waals surface area contributed by atoms with E-state index in [-0.39, 0.29) is 0 Å². The summed E-state index contributed by atoms with van der Waals surface area (Å²) < 4.78 is 0. The summed E-state index contributed by atoms with van der Waals surface area (Å²) in [6.07, 6.45) is 7.36. The topological polar surface area (TPSA) is 0 Å². The van der Waals surface area contributed by atoms with Crippen molar-refractivity contribution in [3.8, 4) is 0 Å². The van der Waals surface area contributed by atoms with Crippen molar-refractivity contribution >= 4 is 7.28 Å². The van der Waals surface area contributed by atoms with Gasteiger partial charge in [-0.2, -0.15) is 0 Å². The minimum Gasteiger partial charge on any atom is -0.0697 e. The summed E-state index contributed by atoms with van der Waals surface area (Å²) >= 11 is 0.